The van der Waals surface area contributed by atoms with Crippen LogP contribution >= 0.6 is 27.7 Å². The number of nitrogens with two attached hydrogens (primary N) is 1. The van der Waals surface area contributed by atoms with Gasteiger partial charge in [0.1, 0.15) is 0 Å². The van der Waals surface area contributed by atoms with E-state index >= 15 is 0 Å². The van der Waals surface area contributed by atoms with Gasteiger partial charge in [-0.3, -0.25) is 0 Å². The Kier molecular flexibility index (Phi) is 5.32. The number of hydrogen-bond donors (Lipinski definition) is 2. The molecule has 3 N–H and O–H groups in total. The second kappa shape index (κ2) is 6.28. The third-order valence-electron chi connectivity index (χ3n) is 2.17. The fraction of sp³-hybridized carbons (Fsp3) is 0.455. The second-order valence-corrected chi connectivity index (χ2v) is 5.46. The highest BCUT2D eigenvalue weighted by Crippen LogP contribution is 2.24. The Morgan fingerprint density at radius 2 is 2.27 bits per heavy atom. The van der Waals surface area contributed by atoms with Gasteiger partial charge >= 0.3 is 0 Å². The quantitative estimate of drug-likeness (QED) is 0.814. The fourth-order valence-electron chi connectivity index (χ4n) is 1.29. The topological polar surface area (TPSA) is 38.0 Å². The Hall–Kier alpha value is -0.350. The summed E-state index contributed by atoms with van der Waals surface area (Å²) in [5.41, 5.74) is 7.69. The molecule has 1 aromatic rings. The molecule has 15 heavy (non-hydrogen) atoms. The molecule has 4 heteroatoms. The molecule has 1 unspecified atom stereocenters. The van der Waals surface area contributed by atoms with Crippen LogP contribution in [0, 0.1) is 0 Å². The molecular weight excluding hydrogens is 272 g/mol. The number of anilines is 2. The number of halogens is 1. The van der Waals surface area contributed by atoms with Crippen molar-refractivity contribution in [2.24, 2.45) is 0 Å². The summed E-state index contributed by atoms with van der Waals surface area (Å²) >= 11 is 5.31. The van der Waals surface area contributed by atoms with Crippen LogP contribution in [0.3, 0.4) is 0 Å². The summed E-state index contributed by atoms with van der Waals surface area (Å²) in [4.78, 5) is 0. The Bertz CT molecular complexity index is 317. The zero-order valence-corrected chi connectivity index (χ0v) is 11.5. The van der Waals surface area contributed by atoms with Crippen molar-refractivity contribution >= 4 is 39.1 Å². The van der Waals surface area contributed by atoms with Crippen LogP contribution in [0.25, 0.3) is 0 Å². The van der Waals surface area contributed by atoms with Gasteiger partial charge in [0.05, 0.1) is 11.4 Å². The van der Waals surface area contributed by atoms with E-state index < -0.39 is 0 Å². The van der Waals surface area contributed by atoms with Crippen LogP contribution in [0.15, 0.2) is 22.7 Å². The number of nitrogens with one attached hydrogen (secondary N) is 1. The van der Waals surface area contributed by atoms with E-state index in [2.05, 4.69) is 34.4 Å². The van der Waals surface area contributed by atoms with Gasteiger partial charge in [0.25, 0.3) is 0 Å². The van der Waals surface area contributed by atoms with E-state index in [9.17, 15) is 0 Å². The standard InChI is InChI=1S/C11H17BrN2S/c1-8(5-6-15-2)14-11-7-9(12)3-4-10(11)13/h3-4,7-8,14H,5-6,13H2,1-2H3. The monoisotopic (exact) mass is 288 g/mol. The summed E-state index contributed by atoms with van der Waals surface area (Å²) in [5.74, 6) is 1.17. The normalized spacial score (nSPS) is 12.5. The largest absolute Gasteiger partial charge is 0.397 e. The Balaban J connectivity index is 2.59. The molecule has 0 aromatic heterocycles. The highest BCUT2D eigenvalue weighted by Gasteiger charge is 2.04. The molecule has 0 amide bonds. The average Bonchev–Trinajstić information content (AvgIpc) is 2.20. The predicted molar refractivity (Wildman–Crippen MR) is 74.6 cm³/mol. The summed E-state index contributed by atoms with van der Waals surface area (Å²) < 4.78 is 1.05. The minimum Gasteiger partial charge on any atom is -0.397 e. The van der Waals surface area contributed by atoms with E-state index in [-0.39, 0.29) is 0 Å². The number of rotatable bonds is 5. The molecule has 0 aliphatic rings. The van der Waals surface area contributed by atoms with E-state index in [1.165, 1.54) is 5.75 Å². The first-order chi connectivity index (χ1) is 7.13. The van der Waals surface area contributed by atoms with Gasteiger partial charge in [0.15, 0.2) is 0 Å². The first kappa shape index (κ1) is 12.7. The maximum atomic E-state index is 5.88. The molecule has 0 aliphatic carbocycles. The predicted octanol–water partition coefficient (Wildman–Crippen LogP) is 3.58. The van der Waals surface area contributed by atoms with Crippen LogP contribution < -0.4 is 11.1 Å². The second-order valence-electron chi connectivity index (χ2n) is 3.56. The summed E-state index contributed by atoms with van der Waals surface area (Å²) in [5, 5.41) is 3.42. The first-order valence-corrected chi connectivity index (χ1v) is 7.12. The molecular formula is C11H17BrN2S. The van der Waals surface area contributed by atoms with Crippen LogP contribution in [0.4, 0.5) is 11.4 Å². The number of nitrogen functional groups attached to an aromatic ring is 1. The summed E-state index contributed by atoms with van der Waals surface area (Å²) in [6, 6.07) is 6.33. The van der Waals surface area contributed by atoms with Crippen molar-refractivity contribution < 1.29 is 0 Å². The van der Waals surface area contributed by atoms with Gasteiger partial charge < -0.3 is 11.1 Å². The van der Waals surface area contributed by atoms with Crippen molar-refractivity contribution in [3.05, 3.63) is 22.7 Å². The van der Waals surface area contributed by atoms with Crippen LogP contribution in [-0.2, 0) is 0 Å². The van der Waals surface area contributed by atoms with E-state index in [0.717, 1.165) is 22.3 Å². The van der Waals surface area contributed by atoms with Crippen molar-refractivity contribution in [2.75, 3.05) is 23.1 Å². The third-order valence-corrected chi connectivity index (χ3v) is 3.31. The molecule has 0 saturated heterocycles. The Morgan fingerprint density at radius 3 is 2.93 bits per heavy atom. The van der Waals surface area contributed by atoms with E-state index in [1.54, 1.807) is 0 Å². The van der Waals surface area contributed by atoms with Crippen molar-refractivity contribution in [1.29, 1.82) is 0 Å². The summed E-state index contributed by atoms with van der Waals surface area (Å²) in [7, 11) is 0. The molecule has 2 nitrogen and oxygen atoms in total. The van der Waals surface area contributed by atoms with Gasteiger partial charge in [-0.1, -0.05) is 15.9 Å². The van der Waals surface area contributed by atoms with Gasteiger partial charge in [0.2, 0.25) is 0 Å². The van der Waals surface area contributed by atoms with Gasteiger partial charge in [-0.25, -0.2) is 0 Å². The molecule has 0 fully saturated rings. The van der Waals surface area contributed by atoms with Crippen molar-refractivity contribution in [1.82, 2.24) is 0 Å². The molecule has 1 atom stereocenters. The Morgan fingerprint density at radius 1 is 1.53 bits per heavy atom. The summed E-state index contributed by atoms with van der Waals surface area (Å²) in [6.07, 6.45) is 3.27. The van der Waals surface area contributed by atoms with E-state index in [4.69, 9.17) is 5.73 Å². The van der Waals surface area contributed by atoms with Crippen molar-refractivity contribution in [3.8, 4) is 0 Å². The molecule has 0 aliphatic heterocycles. The lowest BCUT2D eigenvalue weighted by Crippen LogP contribution is -2.16. The lowest BCUT2D eigenvalue weighted by Gasteiger charge is -2.16. The highest BCUT2D eigenvalue weighted by molar-refractivity contribution is 9.10. The maximum absolute atomic E-state index is 5.88. The highest BCUT2D eigenvalue weighted by atomic mass is 79.9. The van der Waals surface area contributed by atoms with Gasteiger partial charge in [-0.15, -0.1) is 0 Å². The zero-order chi connectivity index (χ0) is 11.3. The van der Waals surface area contributed by atoms with Crippen molar-refractivity contribution in [2.45, 2.75) is 19.4 Å². The molecule has 1 aromatic carbocycles. The molecule has 84 valence electrons. The van der Waals surface area contributed by atoms with Gasteiger partial charge in [-0.2, -0.15) is 11.8 Å². The number of hydrogen-bond acceptors (Lipinski definition) is 3. The minimum atomic E-state index is 0.453. The van der Waals surface area contributed by atoms with Crippen LogP contribution in [0.1, 0.15) is 13.3 Å². The van der Waals surface area contributed by atoms with Gasteiger partial charge in [-0.05, 0) is 43.6 Å². The maximum Gasteiger partial charge on any atom is 0.0587 e. The lowest BCUT2D eigenvalue weighted by atomic mass is 10.2. The number of thioether (sulfide) groups is 1. The van der Waals surface area contributed by atoms with Gasteiger partial charge in [0, 0.05) is 10.5 Å². The third kappa shape index (κ3) is 4.34. The molecule has 0 bridgehead atoms. The fourth-order valence-corrected chi connectivity index (χ4v) is 2.24. The Labute approximate surface area is 104 Å². The molecule has 0 saturated carbocycles. The smallest absolute Gasteiger partial charge is 0.0587 e. The number of benzene rings is 1. The first-order valence-electron chi connectivity index (χ1n) is 4.94. The SMILES string of the molecule is CSCCC(C)Nc1cc(Br)ccc1N. The van der Waals surface area contributed by atoms with Crippen LogP contribution in [-0.4, -0.2) is 18.1 Å². The lowest BCUT2D eigenvalue weighted by molar-refractivity contribution is 0.772. The molecule has 1 rings (SSSR count). The average molecular weight is 289 g/mol. The van der Waals surface area contributed by atoms with E-state index in [0.29, 0.717) is 6.04 Å². The van der Waals surface area contributed by atoms with Crippen LogP contribution in [0.5, 0.6) is 0 Å². The zero-order valence-electron chi connectivity index (χ0n) is 9.09. The molecule has 0 heterocycles. The minimum absolute atomic E-state index is 0.453. The molecule has 0 spiro atoms. The van der Waals surface area contributed by atoms with Crippen LogP contribution in [0.2, 0.25) is 0 Å². The van der Waals surface area contributed by atoms with E-state index in [1.807, 2.05) is 30.0 Å². The van der Waals surface area contributed by atoms with Crippen molar-refractivity contribution in [3.63, 3.8) is 0 Å². The molecule has 0 radical (unpaired) electrons. The summed E-state index contributed by atoms with van der Waals surface area (Å²) in [6.45, 7) is 2.18.